The fourth-order valence-corrected chi connectivity index (χ4v) is 0.851. The summed E-state index contributed by atoms with van der Waals surface area (Å²) in [5.41, 5.74) is -1.61. The molecule has 5 heteroatoms. The van der Waals surface area contributed by atoms with E-state index in [1.54, 1.807) is 26.2 Å². The molecule has 0 unspecified atom stereocenters. The van der Waals surface area contributed by atoms with Crippen molar-refractivity contribution in [1.29, 1.82) is 0 Å². The Kier molecular flexibility index (Phi) is 10.6. The molecule has 94 valence electrons. The van der Waals surface area contributed by atoms with Crippen molar-refractivity contribution in [1.82, 2.24) is 4.98 Å². The molecule has 0 bridgehead atoms. The zero-order chi connectivity index (χ0) is 11.7. The summed E-state index contributed by atoms with van der Waals surface area (Å²) in [5, 5.41) is 19.2. The molecule has 0 radical (unpaired) electrons. The van der Waals surface area contributed by atoms with Gasteiger partial charge in [0.2, 0.25) is 0 Å². The summed E-state index contributed by atoms with van der Waals surface area (Å²) < 4.78 is 0. The second kappa shape index (κ2) is 9.54. The topological polar surface area (TPSA) is 73.2 Å². The van der Waals surface area contributed by atoms with Gasteiger partial charge in [-0.05, 0) is 25.0 Å². The third-order valence-electron chi connectivity index (χ3n) is 2.12. The molecule has 0 fully saturated rings. The van der Waals surface area contributed by atoms with Gasteiger partial charge in [0.25, 0.3) is 0 Å². The van der Waals surface area contributed by atoms with Crippen LogP contribution in [0.4, 0.5) is 0 Å². The minimum absolute atomic E-state index is 0. The van der Waals surface area contributed by atoms with Crippen LogP contribution in [0.25, 0.3) is 0 Å². The Morgan fingerprint density at radius 3 is 1.75 bits per heavy atom. The fraction of sp³-hybridized carbons (Fsp3) is 0.455. The van der Waals surface area contributed by atoms with Crippen LogP contribution >= 0.6 is 0 Å². The Hall–Kier alpha value is -0.680. The first kappa shape index (κ1) is 17.7. The first-order valence-corrected chi connectivity index (χ1v) is 4.85. The summed E-state index contributed by atoms with van der Waals surface area (Å²) in [5.74, 6) is -1.38. The van der Waals surface area contributed by atoms with Crippen LogP contribution in [-0.4, -0.2) is 21.7 Å². The van der Waals surface area contributed by atoms with Crippen molar-refractivity contribution in [3.05, 3.63) is 30.6 Å². The maximum absolute atomic E-state index is 10.1. The molecular weight excluding hydrogens is 302 g/mol. The summed E-state index contributed by atoms with van der Waals surface area (Å²) >= 11 is 0. The average Bonchev–Trinajstić information content (AvgIpc) is 2.31. The van der Waals surface area contributed by atoms with Gasteiger partial charge in [-0.3, -0.25) is 4.98 Å². The molecule has 0 spiro atoms. The molecular formula is C11H16AgNO3. The molecule has 0 aliphatic heterocycles. The molecule has 1 aromatic heterocycles. The number of rotatable bonds is 3. The van der Waals surface area contributed by atoms with Crippen LogP contribution in [0.3, 0.4) is 0 Å². The maximum atomic E-state index is 10.1. The Morgan fingerprint density at radius 2 is 1.69 bits per heavy atom. The van der Waals surface area contributed by atoms with Crippen molar-refractivity contribution in [3.63, 3.8) is 0 Å². The van der Waals surface area contributed by atoms with Crippen molar-refractivity contribution in [2.45, 2.75) is 32.3 Å². The van der Waals surface area contributed by atoms with Crippen molar-refractivity contribution in [2.24, 2.45) is 0 Å². The quantitative estimate of drug-likeness (QED) is 0.817. The van der Waals surface area contributed by atoms with E-state index in [0.717, 1.165) is 0 Å². The van der Waals surface area contributed by atoms with E-state index >= 15 is 0 Å². The Morgan fingerprint density at radius 1 is 1.25 bits per heavy atom. The van der Waals surface area contributed by atoms with Gasteiger partial charge >= 0.3 is 22.4 Å². The maximum Gasteiger partial charge on any atom is 1.00 e. The molecule has 0 aliphatic carbocycles. The molecule has 0 atom stereocenters. The summed E-state index contributed by atoms with van der Waals surface area (Å²) in [6.07, 6.45) is 3.90. The first-order valence-electron chi connectivity index (χ1n) is 4.85. The minimum Gasteiger partial charge on any atom is -0.547 e. The van der Waals surface area contributed by atoms with Gasteiger partial charge in [0, 0.05) is 12.4 Å². The van der Waals surface area contributed by atoms with Gasteiger partial charge in [-0.25, -0.2) is 0 Å². The summed E-state index contributed by atoms with van der Waals surface area (Å²) in [6, 6.07) is 5.72. The molecule has 0 aliphatic rings. The summed E-state index contributed by atoms with van der Waals surface area (Å²) in [4.78, 5) is 13.9. The van der Waals surface area contributed by atoms with E-state index < -0.39 is 11.6 Å². The minimum atomic E-state index is -1.61. The van der Waals surface area contributed by atoms with Gasteiger partial charge in [-0.1, -0.05) is 19.9 Å². The van der Waals surface area contributed by atoms with E-state index in [-0.39, 0.29) is 35.2 Å². The van der Waals surface area contributed by atoms with Gasteiger partial charge in [0.1, 0.15) is 5.60 Å². The molecule has 0 amide bonds. The van der Waals surface area contributed by atoms with E-state index in [2.05, 4.69) is 4.98 Å². The summed E-state index contributed by atoms with van der Waals surface area (Å²) in [6.45, 7) is 3.22. The predicted molar refractivity (Wildman–Crippen MR) is 54.8 cm³/mol. The average molecular weight is 318 g/mol. The van der Waals surface area contributed by atoms with Crippen molar-refractivity contribution in [3.8, 4) is 0 Å². The SMILES string of the molecule is CCC(O)(CC)C(=O)[O-].[Ag+].c1ccncc1. The van der Waals surface area contributed by atoms with Crippen molar-refractivity contribution < 1.29 is 37.4 Å². The van der Waals surface area contributed by atoms with Gasteiger partial charge < -0.3 is 15.0 Å². The van der Waals surface area contributed by atoms with Crippen molar-refractivity contribution in [2.75, 3.05) is 0 Å². The molecule has 1 heterocycles. The van der Waals surface area contributed by atoms with Crippen LogP contribution in [0.15, 0.2) is 30.6 Å². The standard InChI is InChI=1S/C6H12O3.C5H5N.Ag/c1-3-6(9,4-2)5(7)8;1-2-4-6-5-3-1;/h9H,3-4H2,1-2H3,(H,7,8);1-5H;/q;;+1/p-1. The third-order valence-corrected chi connectivity index (χ3v) is 2.12. The third kappa shape index (κ3) is 6.74. The molecule has 1 N–H and O–H groups in total. The van der Waals surface area contributed by atoms with Gasteiger partial charge in [-0.15, -0.1) is 0 Å². The Labute approximate surface area is 111 Å². The molecule has 0 saturated carbocycles. The van der Waals surface area contributed by atoms with E-state index in [4.69, 9.17) is 5.11 Å². The van der Waals surface area contributed by atoms with E-state index in [0.29, 0.717) is 0 Å². The molecule has 0 aromatic carbocycles. The number of carboxylic acids is 1. The second-order valence-electron chi connectivity index (χ2n) is 3.05. The van der Waals surface area contributed by atoms with Crippen LogP contribution in [0.5, 0.6) is 0 Å². The number of carbonyl (C=O) groups excluding carboxylic acids is 1. The Balaban J connectivity index is 0. The molecule has 1 rings (SSSR count). The summed E-state index contributed by atoms with van der Waals surface area (Å²) in [7, 11) is 0. The number of pyridine rings is 1. The van der Waals surface area contributed by atoms with E-state index in [9.17, 15) is 9.90 Å². The molecule has 4 nitrogen and oxygen atoms in total. The monoisotopic (exact) mass is 317 g/mol. The van der Waals surface area contributed by atoms with E-state index in [1.165, 1.54) is 0 Å². The van der Waals surface area contributed by atoms with Gasteiger partial charge in [0.05, 0.1) is 5.97 Å². The number of nitrogens with zero attached hydrogens (tertiary/aromatic N) is 1. The Bertz CT molecular complexity index is 249. The number of aromatic nitrogens is 1. The largest absolute Gasteiger partial charge is 1.00 e. The van der Waals surface area contributed by atoms with Crippen LogP contribution in [-0.2, 0) is 27.2 Å². The van der Waals surface area contributed by atoms with Crippen molar-refractivity contribution >= 4 is 5.97 Å². The molecule has 0 saturated heterocycles. The number of aliphatic carboxylic acids is 1. The number of hydrogen-bond donors (Lipinski definition) is 1. The smallest absolute Gasteiger partial charge is 0.547 e. The number of hydrogen-bond acceptors (Lipinski definition) is 4. The van der Waals surface area contributed by atoms with Crippen LogP contribution in [0.2, 0.25) is 0 Å². The number of carbonyl (C=O) groups is 1. The van der Waals surface area contributed by atoms with E-state index in [1.807, 2.05) is 18.2 Å². The zero-order valence-electron chi connectivity index (χ0n) is 9.31. The normalized spacial score (nSPS) is 9.44. The van der Waals surface area contributed by atoms with Crippen LogP contribution in [0, 0.1) is 0 Å². The second-order valence-corrected chi connectivity index (χ2v) is 3.05. The van der Waals surface area contributed by atoms with Gasteiger partial charge in [0.15, 0.2) is 0 Å². The van der Waals surface area contributed by atoms with Gasteiger partial charge in [-0.2, -0.15) is 0 Å². The zero-order valence-corrected chi connectivity index (χ0v) is 10.8. The van der Waals surface area contributed by atoms with Crippen LogP contribution < -0.4 is 5.11 Å². The fourth-order valence-electron chi connectivity index (χ4n) is 0.851. The number of carboxylic acid groups (broad SMARTS) is 1. The first-order chi connectivity index (χ1) is 7.06. The predicted octanol–water partition coefficient (Wildman–Crippen LogP) is 0.366. The number of aliphatic hydroxyl groups is 1. The molecule has 1 aromatic rings. The molecule has 16 heavy (non-hydrogen) atoms. The van der Waals surface area contributed by atoms with Crippen LogP contribution in [0.1, 0.15) is 26.7 Å².